The number of pyridine rings is 1. The zero-order chi connectivity index (χ0) is 12.5. The van der Waals surface area contributed by atoms with Gasteiger partial charge in [-0.2, -0.15) is 0 Å². The van der Waals surface area contributed by atoms with Crippen LogP contribution < -0.4 is 5.32 Å². The van der Waals surface area contributed by atoms with Gasteiger partial charge < -0.3 is 5.32 Å². The molecule has 3 amide bonds. The van der Waals surface area contributed by atoms with Crippen LogP contribution in [0, 0.1) is 0 Å². The summed E-state index contributed by atoms with van der Waals surface area (Å²) in [6.07, 6.45) is 3.58. The molecule has 2 aliphatic heterocycles. The number of carbonyl (C=O) groups is 2. The maximum atomic E-state index is 11.5. The predicted octanol–water partition coefficient (Wildman–Crippen LogP) is -0.182. The first-order chi connectivity index (χ1) is 8.74. The number of imide groups is 1. The Kier molecular flexibility index (Phi) is 2.71. The van der Waals surface area contributed by atoms with Crippen LogP contribution in [-0.4, -0.2) is 52.4 Å². The van der Waals surface area contributed by atoms with Gasteiger partial charge in [0.05, 0.1) is 12.6 Å². The fourth-order valence-corrected chi connectivity index (χ4v) is 2.39. The number of aromatic nitrogens is 1. The molecule has 0 atom stereocenters. The molecule has 1 N–H and O–H groups in total. The van der Waals surface area contributed by atoms with Crippen molar-refractivity contribution in [3.63, 3.8) is 0 Å². The predicted molar refractivity (Wildman–Crippen MR) is 63.5 cm³/mol. The van der Waals surface area contributed by atoms with E-state index in [1.807, 2.05) is 18.3 Å². The number of amides is 3. The molecule has 6 heteroatoms. The number of nitrogens with one attached hydrogen (secondary N) is 1. The highest BCUT2D eigenvalue weighted by Crippen LogP contribution is 2.19. The Labute approximate surface area is 105 Å². The molecule has 1 aromatic heterocycles. The quantitative estimate of drug-likeness (QED) is 0.751. The van der Waals surface area contributed by atoms with E-state index < -0.39 is 0 Å². The van der Waals surface area contributed by atoms with Crippen LogP contribution in [0.5, 0.6) is 0 Å². The molecule has 2 fully saturated rings. The molecule has 94 valence electrons. The number of nitrogens with zero attached hydrogens (tertiary/aromatic N) is 3. The van der Waals surface area contributed by atoms with Crippen molar-refractivity contribution in [2.45, 2.75) is 12.6 Å². The summed E-state index contributed by atoms with van der Waals surface area (Å²) in [5, 5.41) is 2.54. The van der Waals surface area contributed by atoms with Gasteiger partial charge in [0.15, 0.2) is 0 Å². The first-order valence-electron chi connectivity index (χ1n) is 5.95. The minimum atomic E-state index is -0.258. The normalized spacial score (nSPS) is 21.0. The van der Waals surface area contributed by atoms with Crippen molar-refractivity contribution in [2.75, 3.05) is 19.6 Å². The van der Waals surface area contributed by atoms with Crippen molar-refractivity contribution >= 4 is 11.9 Å². The molecule has 0 radical (unpaired) electrons. The molecule has 0 spiro atoms. The number of hydrogen-bond donors (Lipinski definition) is 1. The van der Waals surface area contributed by atoms with Crippen LogP contribution in [0.3, 0.4) is 0 Å². The number of rotatable bonds is 3. The largest absolute Gasteiger partial charge is 0.329 e. The van der Waals surface area contributed by atoms with E-state index in [0.29, 0.717) is 0 Å². The van der Waals surface area contributed by atoms with Gasteiger partial charge >= 0.3 is 6.03 Å². The Bertz CT molecular complexity index is 454. The van der Waals surface area contributed by atoms with Gasteiger partial charge in [-0.05, 0) is 11.6 Å². The fourth-order valence-electron chi connectivity index (χ4n) is 2.39. The van der Waals surface area contributed by atoms with E-state index in [-0.39, 0.29) is 24.5 Å². The van der Waals surface area contributed by atoms with Crippen molar-refractivity contribution in [2.24, 2.45) is 0 Å². The Morgan fingerprint density at radius 2 is 2.22 bits per heavy atom. The molecule has 2 aliphatic rings. The highest BCUT2D eigenvalue weighted by Gasteiger charge is 2.41. The summed E-state index contributed by atoms with van der Waals surface area (Å²) in [5.74, 6) is -0.119. The molecular weight excluding hydrogens is 232 g/mol. The van der Waals surface area contributed by atoms with Crippen LogP contribution in [0.2, 0.25) is 0 Å². The SMILES string of the molecule is O=C1CNC(=O)N1C1CN(Cc2cccnc2)C1. The summed E-state index contributed by atoms with van der Waals surface area (Å²) < 4.78 is 0. The average Bonchev–Trinajstić information content (AvgIpc) is 2.65. The van der Waals surface area contributed by atoms with Crippen LogP contribution in [0.25, 0.3) is 0 Å². The van der Waals surface area contributed by atoms with E-state index in [1.54, 1.807) is 6.20 Å². The van der Waals surface area contributed by atoms with Gasteiger partial charge in [-0.15, -0.1) is 0 Å². The highest BCUT2D eigenvalue weighted by atomic mass is 16.2. The molecule has 0 bridgehead atoms. The molecule has 1 aromatic rings. The molecule has 2 saturated heterocycles. The van der Waals surface area contributed by atoms with Crippen LogP contribution in [0.15, 0.2) is 24.5 Å². The van der Waals surface area contributed by atoms with Crippen LogP contribution >= 0.6 is 0 Å². The number of urea groups is 1. The van der Waals surface area contributed by atoms with Crippen molar-refractivity contribution in [1.82, 2.24) is 20.1 Å². The van der Waals surface area contributed by atoms with Gasteiger partial charge in [0.25, 0.3) is 0 Å². The van der Waals surface area contributed by atoms with Crippen LogP contribution in [-0.2, 0) is 11.3 Å². The summed E-state index contributed by atoms with van der Waals surface area (Å²) in [6.45, 7) is 2.44. The molecule has 3 rings (SSSR count). The minimum Gasteiger partial charge on any atom is -0.329 e. The van der Waals surface area contributed by atoms with E-state index >= 15 is 0 Å². The smallest absolute Gasteiger partial charge is 0.324 e. The maximum Gasteiger partial charge on any atom is 0.324 e. The van der Waals surface area contributed by atoms with Crippen molar-refractivity contribution in [3.8, 4) is 0 Å². The van der Waals surface area contributed by atoms with Gasteiger partial charge in [0, 0.05) is 32.0 Å². The lowest BCUT2D eigenvalue weighted by atomic mass is 10.1. The second-order valence-electron chi connectivity index (χ2n) is 4.63. The Morgan fingerprint density at radius 1 is 1.39 bits per heavy atom. The first-order valence-corrected chi connectivity index (χ1v) is 5.95. The van der Waals surface area contributed by atoms with Gasteiger partial charge in [0.1, 0.15) is 0 Å². The standard InChI is InChI=1S/C12H14N4O2/c17-11-5-14-12(18)16(11)10-7-15(8-10)6-9-2-1-3-13-4-9/h1-4,10H,5-8H2,(H,14,18). The van der Waals surface area contributed by atoms with E-state index in [9.17, 15) is 9.59 Å². The lowest BCUT2D eigenvalue weighted by Crippen LogP contribution is -2.60. The zero-order valence-corrected chi connectivity index (χ0v) is 9.87. The van der Waals surface area contributed by atoms with Crippen molar-refractivity contribution < 1.29 is 9.59 Å². The third-order valence-corrected chi connectivity index (χ3v) is 3.31. The topological polar surface area (TPSA) is 65.5 Å². The minimum absolute atomic E-state index is 0.0247. The molecule has 0 unspecified atom stereocenters. The lowest BCUT2D eigenvalue weighted by molar-refractivity contribution is -0.129. The second kappa shape index (κ2) is 4.38. The third-order valence-electron chi connectivity index (χ3n) is 3.31. The molecule has 6 nitrogen and oxygen atoms in total. The Hall–Kier alpha value is -1.95. The van der Waals surface area contributed by atoms with Gasteiger partial charge in [0.2, 0.25) is 5.91 Å². The van der Waals surface area contributed by atoms with E-state index in [1.165, 1.54) is 4.90 Å². The van der Waals surface area contributed by atoms with E-state index in [2.05, 4.69) is 15.2 Å². The average molecular weight is 246 g/mol. The monoisotopic (exact) mass is 246 g/mol. The van der Waals surface area contributed by atoms with E-state index in [0.717, 1.165) is 25.2 Å². The van der Waals surface area contributed by atoms with Crippen molar-refractivity contribution in [3.05, 3.63) is 30.1 Å². The highest BCUT2D eigenvalue weighted by molar-refractivity contribution is 6.02. The summed E-state index contributed by atoms with van der Waals surface area (Å²) in [4.78, 5) is 30.6. The van der Waals surface area contributed by atoms with Crippen molar-refractivity contribution in [1.29, 1.82) is 0 Å². The second-order valence-corrected chi connectivity index (χ2v) is 4.63. The van der Waals surface area contributed by atoms with Gasteiger partial charge in [-0.1, -0.05) is 6.07 Å². The van der Waals surface area contributed by atoms with Crippen LogP contribution in [0.4, 0.5) is 4.79 Å². The molecule has 0 saturated carbocycles. The summed E-state index contributed by atoms with van der Waals surface area (Å²) in [5.41, 5.74) is 1.15. The molecule has 18 heavy (non-hydrogen) atoms. The zero-order valence-electron chi connectivity index (χ0n) is 9.87. The number of hydrogen-bond acceptors (Lipinski definition) is 4. The van der Waals surface area contributed by atoms with Gasteiger partial charge in [-0.25, -0.2) is 4.79 Å². The summed E-state index contributed by atoms with van der Waals surface area (Å²) in [6, 6.07) is 3.70. The Morgan fingerprint density at radius 3 is 2.83 bits per heavy atom. The Balaban J connectivity index is 1.54. The first kappa shape index (κ1) is 11.2. The third kappa shape index (κ3) is 1.95. The summed E-state index contributed by atoms with van der Waals surface area (Å²) >= 11 is 0. The number of likely N-dealkylation sites (tertiary alicyclic amines) is 1. The number of carbonyl (C=O) groups excluding carboxylic acids is 2. The molecule has 3 heterocycles. The maximum absolute atomic E-state index is 11.5. The molecule has 0 aliphatic carbocycles. The van der Waals surface area contributed by atoms with Crippen LogP contribution in [0.1, 0.15) is 5.56 Å². The fraction of sp³-hybridized carbons (Fsp3) is 0.417. The van der Waals surface area contributed by atoms with E-state index in [4.69, 9.17) is 0 Å². The van der Waals surface area contributed by atoms with Gasteiger partial charge in [-0.3, -0.25) is 19.6 Å². The lowest BCUT2D eigenvalue weighted by Gasteiger charge is -2.42. The summed E-state index contributed by atoms with van der Waals surface area (Å²) in [7, 11) is 0. The molecular formula is C12H14N4O2. The molecule has 0 aromatic carbocycles.